The summed E-state index contributed by atoms with van der Waals surface area (Å²) in [5.41, 5.74) is 2.96. The van der Waals surface area contributed by atoms with E-state index in [1.807, 2.05) is 73.7 Å². The van der Waals surface area contributed by atoms with Crippen LogP contribution in [0.25, 0.3) is 16.7 Å². The van der Waals surface area contributed by atoms with Crippen LogP contribution < -0.4 is 5.32 Å². The number of carbonyl (C=O) groups is 1. The number of carbonyl (C=O) groups excluding carboxylic acids is 1. The number of para-hydroxylation sites is 3. The van der Waals surface area contributed by atoms with Crippen LogP contribution in [0.1, 0.15) is 12.7 Å². The topological polar surface area (TPSA) is 60.1 Å². The van der Waals surface area contributed by atoms with Gasteiger partial charge in [0.1, 0.15) is 5.76 Å². The van der Waals surface area contributed by atoms with Crippen LogP contribution in [-0.2, 0) is 11.3 Å². The van der Waals surface area contributed by atoms with E-state index in [2.05, 4.69) is 9.88 Å². The predicted molar refractivity (Wildman–Crippen MR) is 107 cm³/mol. The van der Waals surface area contributed by atoms with Crippen LogP contribution >= 0.6 is 11.8 Å². The third-order valence-corrected chi connectivity index (χ3v) is 5.27. The largest absolute Gasteiger partial charge is 0.467 e. The molecule has 0 saturated heterocycles. The smallest absolute Gasteiger partial charge is 0.233 e. The molecule has 0 fully saturated rings. The highest BCUT2D eigenvalue weighted by molar-refractivity contribution is 8.00. The first-order chi connectivity index (χ1) is 13.2. The minimum absolute atomic E-state index is 0.0527. The first-order valence-corrected chi connectivity index (χ1v) is 9.60. The summed E-state index contributed by atoms with van der Waals surface area (Å²) in [4.78, 5) is 17.2. The van der Waals surface area contributed by atoms with Gasteiger partial charge >= 0.3 is 0 Å². The quantitative estimate of drug-likeness (QED) is 0.506. The lowest BCUT2D eigenvalue weighted by atomic mass is 10.3. The summed E-state index contributed by atoms with van der Waals surface area (Å²) in [6.07, 6.45) is 1.60. The molecule has 0 aliphatic heterocycles. The molecule has 6 heteroatoms. The normalized spacial score (nSPS) is 12.2. The Morgan fingerprint density at radius 2 is 1.89 bits per heavy atom. The van der Waals surface area contributed by atoms with E-state index in [1.54, 1.807) is 6.26 Å². The number of fused-ring (bicyclic) bond motifs is 1. The van der Waals surface area contributed by atoms with Gasteiger partial charge < -0.3 is 9.73 Å². The fraction of sp³-hybridized carbons (Fsp3) is 0.143. The van der Waals surface area contributed by atoms with Gasteiger partial charge in [0.2, 0.25) is 5.91 Å². The van der Waals surface area contributed by atoms with E-state index in [4.69, 9.17) is 9.40 Å². The van der Waals surface area contributed by atoms with Crippen molar-refractivity contribution in [2.24, 2.45) is 0 Å². The van der Waals surface area contributed by atoms with E-state index in [-0.39, 0.29) is 11.2 Å². The van der Waals surface area contributed by atoms with Gasteiger partial charge in [-0.3, -0.25) is 9.36 Å². The van der Waals surface area contributed by atoms with Gasteiger partial charge in [0, 0.05) is 5.69 Å². The number of imidazole rings is 1. The van der Waals surface area contributed by atoms with Gasteiger partial charge in [0.25, 0.3) is 0 Å². The predicted octanol–water partition coefficient (Wildman–Crippen LogP) is 4.42. The summed E-state index contributed by atoms with van der Waals surface area (Å²) >= 11 is 1.45. The number of hydrogen-bond donors (Lipinski definition) is 1. The van der Waals surface area contributed by atoms with Crippen molar-refractivity contribution in [2.75, 3.05) is 0 Å². The maximum absolute atomic E-state index is 12.5. The van der Waals surface area contributed by atoms with Crippen LogP contribution in [0.5, 0.6) is 0 Å². The molecule has 136 valence electrons. The molecule has 0 spiro atoms. The van der Waals surface area contributed by atoms with Crippen molar-refractivity contribution in [2.45, 2.75) is 23.9 Å². The lowest BCUT2D eigenvalue weighted by molar-refractivity contribution is -0.120. The zero-order valence-corrected chi connectivity index (χ0v) is 15.6. The Hall–Kier alpha value is -2.99. The molecule has 0 aliphatic carbocycles. The van der Waals surface area contributed by atoms with Gasteiger partial charge in [-0.1, -0.05) is 42.1 Å². The zero-order valence-electron chi connectivity index (χ0n) is 14.8. The second kappa shape index (κ2) is 7.72. The lowest BCUT2D eigenvalue weighted by Crippen LogP contribution is -2.30. The number of benzene rings is 2. The summed E-state index contributed by atoms with van der Waals surface area (Å²) in [6, 6.07) is 21.7. The first kappa shape index (κ1) is 17.4. The highest BCUT2D eigenvalue weighted by Crippen LogP contribution is 2.30. The molecule has 0 saturated carbocycles. The Morgan fingerprint density at radius 3 is 2.67 bits per heavy atom. The summed E-state index contributed by atoms with van der Waals surface area (Å²) in [5, 5.41) is 3.41. The van der Waals surface area contributed by atoms with Gasteiger partial charge in [0.15, 0.2) is 5.16 Å². The van der Waals surface area contributed by atoms with Gasteiger partial charge in [-0.15, -0.1) is 0 Å². The number of rotatable bonds is 6. The highest BCUT2D eigenvalue weighted by Gasteiger charge is 2.20. The Balaban J connectivity index is 1.58. The number of aromatic nitrogens is 2. The molecule has 1 amide bonds. The average molecular weight is 377 g/mol. The molecule has 2 aromatic heterocycles. The molecule has 4 rings (SSSR count). The van der Waals surface area contributed by atoms with Crippen molar-refractivity contribution in [3.8, 4) is 5.69 Å². The summed E-state index contributed by atoms with van der Waals surface area (Å²) < 4.78 is 7.35. The number of nitrogens with one attached hydrogen (secondary N) is 1. The molecule has 2 heterocycles. The maximum Gasteiger partial charge on any atom is 0.233 e. The molecule has 1 atom stereocenters. The van der Waals surface area contributed by atoms with Crippen LogP contribution in [0.15, 0.2) is 82.6 Å². The zero-order chi connectivity index (χ0) is 18.6. The van der Waals surface area contributed by atoms with E-state index in [9.17, 15) is 4.79 Å². The lowest BCUT2D eigenvalue weighted by Gasteiger charge is -2.13. The Labute approximate surface area is 161 Å². The van der Waals surface area contributed by atoms with E-state index in [1.165, 1.54) is 11.8 Å². The molecule has 4 aromatic rings. The minimum atomic E-state index is -0.292. The average Bonchev–Trinajstić information content (AvgIpc) is 3.34. The van der Waals surface area contributed by atoms with Crippen LogP contribution in [0.4, 0.5) is 0 Å². The monoisotopic (exact) mass is 377 g/mol. The molecule has 0 bridgehead atoms. The van der Waals surface area contributed by atoms with Crippen molar-refractivity contribution in [1.29, 1.82) is 0 Å². The standard InChI is InChI=1S/C21H19N3O2S/c1-15(20(25)22-14-17-10-7-13-26-17)27-21-23-18-11-5-6-12-19(18)24(21)16-8-3-2-4-9-16/h2-13,15H,14H2,1H3,(H,22,25)/t15-/m0/s1. The second-order valence-corrected chi connectivity index (χ2v) is 7.42. The van der Waals surface area contributed by atoms with Crippen LogP contribution in [0.3, 0.4) is 0 Å². The Morgan fingerprint density at radius 1 is 1.11 bits per heavy atom. The van der Waals surface area contributed by atoms with Crippen molar-refractivity contribution in [3.63, 3.8) is 0 Å². The molecule has 27 heavy (non-hydrogen) atoms. The van der Waals surface area contributed by atoms with E-state index in [0.29, 0.717) is 6.54 Å². The third kappa shape index (κ3) is 3.75. The van der Waals surface area contributed by atoms with Crippen molar-refractivity contribution >= 4 is 28.7 Å². The highest BCUT2D eigenvalue weighted by atomic mass is 32.2. The van der Waals surface area contributed by atoms with E-state index in [0.717, 1.165) is 27.6 Å². The van der Waals surface area contributed by atoms with Crippen molar-refractivity contribution in [3.05, 3.63) is 78.8 Å². The van der Waals surface area contributed by atoms with Crippen molar-refractivity contribution in [1.82, 2.24) is 14.9 Å². The fourth-order valence-corrected chi connectivity index (χ4v) is 3.82. The number of hydrogen-bond acceptors (Lipinski definition) is 4. The first-order valence-electron chi connectivity index (χ1n) is 8.72. The Kier molecular flexibility index (Phi) is 4.98. The van der Waals surface area contributed by atoms with Crippen molar-refractivity contribution < 1.29 is 9.21 Å². The number of nitrogens with zero attached hydrogens (tertiary/aromatic N) is 2. The number of thioether (sulfide) groups is 1. The number of furan rings is 1. The summed E-state index contributed by atoms with van der Waals surface area (Å²) in [5.74, 6) is 0.681. The van der Waals surface area contributed by atoms with Crippen LogP contribution in [0.2, 0.25) is 0 Å². The van der Waals surface area contributed by atoms with Gasteiger partial charge in [-0.05, 0) is 43.3 Å². The fourth-order valence-electron chi connectivity index (χ4n) is 2.85. The summed E-state index contributed by atoms with van der Waals surface area (Å²) in [7, 11) is 0. The molecule has 1 N–H and O–H groups in total. The molecule has 0 aliphatic rings. The van der Waals surface area contributed by atoms with Crippen LogP contribution in [-0.4, -0.2) is 20.7 Å². The molecule has 5 nitrogen and oxygen atoms in total. The van der Waals surface area contributed by atoms with Gasteiger partial charge in [0.05, 0.1) is 29.1 Å². The second-order valence-electron chi connectivity index (χ2n) is 6.11. The summed E-state index contributed by atoms with van der Waals surface area (Å²) in [6.45, 7) is 2.27. The molecular formula is C21H19N3O2S. The Bertz CT molecular complexity index is 1040. The van der Waals surface area contributed by atoms with E-state index < -0.39 is 0 Å². The molecule has 2 aromatic carbocycles. The SMILES string of the molecule is C[C@H](Sc1nc2ccccc2n1-c1ccccc1)C(=O)NCc1ccco1. The van der Waals surface area contributed by atoms with E-state index >= 15 is 0 Å². The van der Waals surface area contributed by atoms with Gasteiger partial charge in [-0.2, -0.15) is 0 Å². The molecule has 0 unspecified atom stereocenters. The number of amides is 1. The maximum atomic E-state index is 12.5. The molecule has 0 radical (unpaired) electrons. The molecular weight excluding hydrogens is 358 g/mol. The minimum Gasteiger partial charge on any atom is -0.467 e. The van der Waals surface area contributed by atoms with Crippen LogP contribution in [0, 0.1) is 0 Å². The van der Waals surface area contributed by atoms with Gasteiger partial charge in [-0.25, -0.2) is 4.98 Å². The third-order valence-electron chi connectivity index (χ3n) is 4.21.